The van der Waals surface area contributed by atoms with Crippen LogP contribution < -0.4 is 21.0 Å². The number of hydrogen-bond acceptors (Lipinski definition) is 6. The van der Waals surface area contributed by atoms with Crippen LogP contribution >= 0.6 is 0 Å². The Morgan fingerprint density at radius 3 is 2.17 bits per heavy atom. The minimum absolute atomic E-state index is 0.000439. The number of H-pyrrole nitrogens is 1. The highest BCUT2D eigenvalue weighted by molar-refractivity contribution is 6.99. The second-order valence-corrected chi connectivity index (χ2v) is 28.1. The molecule has 0 spiro atoms. The maximum atomic E-state index is 13.7. The fourth-order valence-corrected chi connectivity index (χ4v) is 19.4. The second kappa shape index (κ2) is 19.2. The van der Waals surface area contributed by atoms with E-state index < -0.39 is 26.1 Å². The third kappa shape index (κ3) is 9.68. The topological polar surface area (TPSA) is 126 Å². The highest BCUT2D eigenvalue weighted by Gasteiger charge is 2.61. The molecule has 2 aromatic carbocycles. The molecule has 11 atom stereocenters. The summed E-state index contributed by atoms with van der Waals surface area (Å²) in [6, 6.07) is 21.3. The van der Waals surface area contributed by atoms with E-state index in [1.165, 1.54) is 66.6 Å². The molecular formula is C55H81N5O5Si. The largest absolute Gasteiger partial charge is 0.444 e. The van der Waals surface area contributed by atoms with Crippen LogP contribution in [0.15, 0.2) is 73.2 Å². The summed E-state index contributed by atoms with van der Waals surface area (Å²) >= 11 is 0. The van der Waals surface area contributed by atoms with E-state index >= 15 is 0 Å². The SMILES string of the molecule is C[C@H](CCC(=O)N[C@H]1C[C@@H](C(=O)NCCc2cnc[nH]2)N(C(=O)OC(C)(C)C)C1)[C@H]1CCC2C3CCC4C[C@H](O[Si](c5ccccc5)(c5ccccc5)C(C)(C)C)CC[C@]4(C)C3CC[C@@]21C. The molecule has 3 N–H and O–H groups in total. The predicted octanol–water partition coefficient (Wildman–Crippen LogP) is 9.58. The van der Waals surface area contributed by atoms with Crippen molar-refractivity contribution in [2.24, 2.45) is 46.3 Å². The Labute approximate surface area is 397 Å². The summed E-state index contributed by atoms with van der Waals surface area (Å²) in [5.41, 5.74) is 0.886. The van der Waals surface area contributed by atoms with Crippen molar-refractivity contribution in [1.29, 1.82) is 0 Å². The van der Waals surface area contributed by atoms with E-state index in [0.717, 1.165) is 36.3 Å². The molecule has 2 heterocycles. The van der Waals surface area contributed by atoms with Gasteiger partial charge in [0.1, 0.15) is 11.6 Å². The molecule has 3 aromatic rings. The van der Waals surface area contributed by atoms with Crippen molar-refractivity contribution in [3.05, 3.63) is 78.9 Å². The number of aromatic amines is 1. The van der Waals surface area contributed by atoms with Crippen LogP contribution in [0.4, 0.5) is 4.79 Å². The predicted molar refractivity (Wildman–Crippen MR) is 265 cm³/mol. The van der Waals surface area contributed by atoms with E-state index in [-0.39, 0.29) is 35.5 Å². The Hall–Kier alpha value is -3.96. The van der Waals surface area contributed by atoms with Crippen molar-refractivity contribution in [3.63, 3.8) is 0 Å². The summed E-state index contributed by atoms with van der Waals surface area (Å²) in [7, 11) is -2.62. The van der Waals surface area contributed by atoms with Crippen molar-refractivity contribution in [2.45, 2.75) is 175 Å². The van der Waals surface area contributed by atoms with Crippen molar-refractivity contribution in [1.82, 2.24) is 25.5 Å². The zero-order valence-corrected chi connectivity index (χ0v) is 42.7. The molecular weight excluding hydrogens is 839 g/mol. The summed E-state index contributed by atoms with van der Waals surface area (Å²) in [5, 5.41) is 8.95. The summed E-state index contributed by atoms with van der Waals surface area (Å²) in [4.78, 5) is 49.0. The summed E-state index contributed by atoms with van der Waals surface area (Å²) < 4.78 is 13.5. The molecule has 1 saturated heterocycles. The van der Waals surface area contributed by atoms with E-state index in [1.807, 2.05) is 20.8 Å². The number of hydrogen-bond donors (Lipinski definition) is 3. The first-order valence-corrected chi connectivity index (χ1v) is 27.6. The van der Waals surface area contributed by atoms with Gasteiger partial charge in [-0.2, -0.15) is 0 Å². The molecule has 66 heavy (non-hydrogen) atoms. The van der Waals surface area contributed by atoms with Crippen LogP contribution in [0.1, 0.15) is 145 Å². The number of likely N-dealkylation sites (tertiary alicyclic amines) is 1. The van der Waals surface area contributed by atoms with Crippen LogP contribution in [0.5, 0.6) is 0 Å². The number of rotatable bonds is 13. The van der Waals surface area contributed by atoms with E-state index in [2.05, 4.69) is 123 Å². The molecule has 8 rings (SSSR count). The first-order chi connectivity index (χ1) is 31.3. The number of carbonyl (C=O) groups excluding carboxylic acids is 3. The third-order valence-electron chi connectivity index (χ3n) is 17.8. The van der Waals surface area contributed by atoms with E-state index in [1.54, 1.807) is 12.5 Å². The van der Waals surface area contributed by atoms with Gasteiger partial charge in [-0.3, -0.25) is 14.5 Å². The number of aromatic nitrogens is 2. The van der Waals surface area contributed by atoms with Crippen molar-refractivity contribution in [2.75, 3.05) is 13.1 Å². The molecule has 5 aliphatic rings. The second-order valence-electron chi connectivity index (χ2n) is 23.8. The van der Waals surface area contributed by atoms with Gasteiger partial charge in [0.15, 0.2) is 0 Å². The molecule has 10 nitrogen and oxygen atoms in total. The lowest BCUT2D eigenvalue weighted by Gasteiger charge is -2.62. The van der Waals surface area contributed by atoms with Crippen molar-refractivity contribution in [3.8, 4) is 0 Å². The fourth-order valence-electron chi connectivity index (χ4n) is 14.7. The molecule has 4 aliphatic carbocycles. The zero-order chi connectivity index (χ0) is 47.1. The van der Waals surface area contributed by atoms with Gasteiger partial charge in [0.05, 0.1) is 6.33 Å². The average Bonchev–Trinajstić information content (AvgIpc) is 4.04. The highest BCUT2D eigenvalue weighted by Crippen LogP contribution is 2.68. The molecule has 1 aliphatic heterocycles. The van der Waals surface area contributed by atoms with Gasteiger partial charge in [0.2, 0.25) is 11.8 Å². The number of nitrogens with one attached hydrogen (secondary N) is 3. The Kier molecular flexibility index (Phi) is 14.1. The maximum absolute atomic E-state index is 13.7. The molecule has 0 bridgehead atoms. The highest BCUT2D eigenvalue weighted by atomic mass is 28.4. The van der Waals surface area contributed by atoms with E-state index in [0.29, 0.717) is 54.4 Å². The van der Waals surface area contributed by atoms with Gasteiger partial charge in [-0.1, -0.05) is 102 Å². The Morgan fingerprint density at radius 2 is 1.53 bits per heavy atom. The van der Waals surface area contributed by atoms with Crippen LogP contribution in [0, 0.1) is 46.3 Å². The number of fused-ring (bicyclic) bond motifs is 5. The van der Waals surface area contributed by atoms with Crippen LogP contribution in [0.3, 0.4) is 0 Å². The van der Waals surface area contributed by atoms with Gasteiger partial charge >= 0.3 is 6.09 Å². The molecule has 11 heteroatoms. The number of ether oxygens (including phenoxy) is 1. The van der Waals surface area contributed by atoms with Crippen molar-refractivity contribution >= 4 is 36.6 Å². The quantitative estimate of drug-likeness (QED) is 0.147. The number of amides is 3. The van der Waals surface area contributed by atoms with Crippen LogP contribution in [-0.4, -0.2) is 78.0 Å². The lowest BCUT2D eigenvalue weighted by Crippen LogP contribution is -2.68. The lowest BCUT2D eigenvalue weighted by atomic mass is 9.44. The summed E-state index contributed by atoms with van der Waals surface area (Å²) in [6.45, 7) is 21.0. The molecule has 3 amide bonds. The normalized spacial score (nSPS) is 31.6. The molecule has 5 fully saturated rings. The summed E-state index contributed by atoms with van der Waals surface area (Å²) in [5.74, 6) is 3.83. The number of imidazole rings is 1. The van der Waals surface area contributed by atoms with Gasteiger partial charge in [0, 0.05) is 50.0 Å². The van der Waals surface area contributed by atoms with E-state index in [9.17, 15) is 14.4 Å². The van der Waals surface area contributed by atoms with Gasteiger partial charge in [0.25, 0.3) is 8.32 Å². The Bertz CT molecular complexity index is 2080. The van der Waals surface area contributed by atoms with Gasteiger partial charge in [-0.25, -0.2) is 9.78 Å². The number of benzene rings is 2. The minimum Gasteiger partial charge on any atom is -0.444 e. The smallest absolute Gasteiger partial charge is 0.411 e. The molecule has 360 valence electrons. The first-order valence-electron chi connectivity index (χ1n) is 25.6. The number of carbonyl (C=O) groups is 3. The van der Waals surface area contributed by atoms with Gasteiger partial charge in [-0.15, -0.1) is 0 Å². The third-order valence-corrected chi connectivity index (χ3v) is 22.9. The molecule has 1 aromatic heterocycles. The van der Waals surface area contributed by atoms with E-state index in [4.69, 9.17) is 9.16 Å². The van der Waals surface area contributed by atoms with Crippen LogP contribution in [-0.2, 0) is 25.2 Å². The Balaban J connectivity index is 0.868. The molecule has 4 saturated carbocycles. The first kappa shape index (κ1) is 48.5. The Morgan fingerprint density at radius 1 is 0.864 bits per heavy atom. The summed E-state index contributed by atoms with van der Waals surface area (Å²) in [6.07, 6.45) is 16.8. The number of nitrogens with zero attached hydrogens (tertiary/aromatic N) is 2. The van der Waals surface area contributed by atoms with Crippen molar-refractivity contribution < 1.29 is 23.5 Å². The lowest BCUT2D eigenvalue weighted by molar-refractivity contribution is -0.128. The molecule has 0 radical (unpaired) electrons. The monoisotopic (exact) mass is 920 g/mol. The molecule has 4 unspecified atom stereocenters. The van der Waals surface area contributed by atoms with Crippen LogP contribution in [0.2, 0.25) is 5.04 Å². The standard InChI is InChI=1S/C55H81N5O5Si/c1-37(20-25-49(61)59-40-33-48(60(35-40)51(63)64-52(2,3)4)50(62)57-31-28-39-34-56-36-58-39)45-23-24-46-44-22-21-38-32-41(26-29-54(38,8)47(44)27-30-55(45,46)9)65-66(53(5,6)7,42-16-12-10-13-17-42)43-18-14-11-15-19-43/h10-19,34,36-38,40-41,44-48H,20-33,35H2,1-9H3,(H,56,58)(H,57,62)(H,59,61)/t37-,38?,40+,41-,44?,45-,46?,47?,48+,54+,55-/m1/s1. The fraction of sp³-hybridized carbons (Fsp3) is 0.673. The average molecular weight is 920 g/mol. The van der Waals surface area contributed by atoms with Gasteiger partial charge in [-0.05, 0) is 153 Å². The minimum atomic E-state index is -2.62. The van der Waals surface area contributed by atoms with Crippen LogP contribution in [0.25, 0.3) is 0 Å². The van der Waals surface area contributed by atoms with Gasteiger partial charge < -0.3 is 24.8 Å². The zero-order valence-electron chi connectivity index (χ0n) is 41.7. The maximum Gasteiger partial charge on any atom is 0.411 e.